The maximum Gasteiger partial charge on any atom is 0.315 e. The zero-order chi connectivity index (χ0) is 24.9. The first-order valence-corrected chi connectivity index (χ1v) is 12.6. The molecule has 1 atom stereocenters. The van der Waals surface area contributed by atoms with Gasteiger partial charge in [-0.15, -0.1) is 0 Å². The first kappa shape index (κ1) is 28.2. The molecule has 0 saturated carbocycles. The zero-order valence-corrected chi connectivity index (χ0v) is 21.6. The van der Waals surface area contributed by atoms with Gasteiger partial charge in [0.1, 0.15) is 0 Å². The zero-order valence-electron chi connectivity index (χ0n) is 19.3. The molecule has 0 aliphatic heterocycles. The second kappa shape index (κ2) is 15.1. The summed E-state index contributed by atoms with van der Waals surface area (Å²) in [5.41, 5.74) is 1.96. The number of amides is 2. The Balaban J connectivity index is 1.70. The number of carboxylic acid groups (broad SMARTS) is 1. The number of nitrogens with zero attached hydrogens (tertiary/aromatic N) is 1. The monoisotopic (exact) mass is 527 g/mol. The second-order valence-electron chi connectivity index (χ2n) is 8.17. The van der Waals surface area contributed by atoms with Crippen molar-refractivity contribution < 1.29 is 14.7 Å². The van der Waals surface area contributed by atoms with E-state index < -0.39 is 5.97 Å². The lowest BCUT2D eigenvalue weighted by Crippen LogP contribution is -2.35. The van der Waals surface area contributed by atoms with E-state index in [0.717, 1.165) is 36.9 Å². The molecule has 0 spiro atoms. The van der Waals surface area contributed by atoms with Gasteiger partial charge in [-0.3, -0.25) is 9.69 Å². The van der Waals surface area contributed by atoms with Crippen LogP contribution < -0.4 is 10.6 Å². The number of benzene rings is 2. The summed E-state index contributed by atoms with van der Waals surface area (Å²) in [6.45, 7) is 4.60. The number of carbonyl (C=O) groups excluding carboxylic acids is 1. The molecular formula is C25H32Cl3N3O3. The number of carbonyl (C=O) groups is 2. The topological polar surface area (TPSA) is 81.7 Å². The highest BCUT2D eigenvalue weighted by atomic mass is 35.5. The lowest BCUT2D eigenvalue weighted by atomic mass is 10.1. The van der Waals surface area contributed by atoms with E-state index in [-0.39, 0.29) is 18.5 Å². The largest absolute Gasteiger partial charge is 0.481 e. The molecule has 2 amide bonds. The Morgan fingerprint density at radius 3 is 2.26 bits per heavy atom. The standard InChI is InChI=1S/C25H32Cl3N3O3/c1-18(19-7-10-21(26)11-8-19)31(15-5-6-24(32)33)14-4-2-3-13-29-25(34)30-17-20-9-12-22(27)16-23(20)28/h7-12,16,18H,2-6,13-15,17H2,1H3,(H,32,33)(H2,29,30,34). The summed E-state index contributed by atoms with van der Waals surface area (Å²) >= 11 is 18.0. The van der Waals surface area contributed by atoms with Crippen LogP contribution in [0.5, 0.6) is 0 Å². The van der Waals surface area contributed by atoms with Crippen molar-refractivity contribution in [3.63, 3.8) is 0 Å². The Kier molecular flexibility index (Phi) is 12.5. The van der Waals surface area contributed by atoms with Crippen LogP contribution in [-0.4, -0.2) is 41.6 Å². The van der Waals surface area contributed by atoms with Crippen molar-refractivity contribution in [2.24, 2.45) is 0 Å². The molecule has 0 bridgehead atoms. The van der Waals surface area contributed by atoms with Crippen LogP contribution in [0.15, 0.2) is 42.5 Å². The molecule has 34 heavy (non-hydrogen) atoms. The number of aliphatic carboxylic acids is 1. The van der Waals surface area contributed by atoms with Crippen molar-refractivity contribution in [3.8, 4) is 0 Å². The molecule has 0 aromatic heterocycles. The van der Waals surface area contributed by atoms with E-state index in [0.29, 0.717) is 41.1 Å². The van der Waals surface area contributed by atoms with Crippen LogP contribution in [0.3, 0.4) is 0 Å². The van der Waals surface area contributed by atoms with E-state index in [2.05, 4.69) is 22.5 Å². The van der Waals surface area contributed by atoms with Crippen LogP contribution in [0, 0.1) is 0 Å². The predicted molar refractivity (Wildman–Crippen MR) is 139 cm³/mol. The van der Waals surface area contributed by atoms with E-state index in [9.17, 15) is 9.59 Å². The van der Waals surface area contributed by atoms with Gasteiger partial charge in [-0.05, 0) is 74.7 Å². The van der Waals surface area contributed by atoms with Crippen molar-refractivity contribution in [3.05, 3.63) is 68.7 Å². The van der Waals surface area contributed by atoms with Crippen LogP contribution in [0.2, 0.25) is 15.1 Å². The normalized spacial score (nSPS) is 11.9. The third-order valence-electron chi connectivity index (χ3n) is 5.60. The van der Waals surface area contributed by atoms with E-state index in [1.807, 2.05) is 24.3 Å². The SMILES string of the molecule is CC(c1ccc(Cl)cc1)N(CCCCCNC(=O)NCc1ccc(Cl)cc1Cl)CCCC(=O)O. The molecule has 0 radical (unpaired) electrons. The Morgan fingerprint density at radius 1 is 0.912 bits per heavy atom. The first-order valence-electron chi connectivity index (χ1n) is 11.4. The molecule has 2 aromatic carbocycles. The molecular weight excluding hydrogens is 497 g/mol. The number of urea groups is 1. The van der Waals surface area contributed by atoms with Crippen molar-refractivity contribution >= 4 is 46.8 Å². The highest BCUT2D eigenvalue weighted by Crippen LogP contribution is 2.23. The Hall–Kier alpha value is -1.99. The summed E-state index contributed by atoms with van der Waals surface area (Å²) in [6.07, 6.45) is 3.52. The van der Waals surface area contributed by atoms with Crippen LogP contribution in [0.1, 0.15) is 56.2 Å². The van der Waals surface area contributed by atoms with Crippen LogP contribution in [0.25, 0.3) is 0 Å². The summed E-state index contributed by atoms with van der Waals surface area (Å²) in [5, 5.41) is 16.4. The van der Waals surface area contributed by atoms with Gasteiger partial charge in [0.15, 0.2) is 0 Å². The fourth-order valence-electron chi connectivity index (χ4n) is 3.61. The van der Waals surface area contributed by atoms with Gasteiger partial charge in [0.25, 0.3) is 0 Å². The number of hydrogen-bond donors (Lipinski definition) is 3. The molecule has 3 N–H and O–H groups in total. The van der Waals surface area contributed by atoms with E-state index >= 15 is 0 Å². The average Bonchev–Trinajstić information content (AvgIpc) is 2.79. The highest BCUT2D eigenvalue weighted by molar-refractivity contribution is 6.35. The molecule has 0 aliphatic rings. The van der Waals surface area contributed by atoms with Gasteiger partial charge >= 0.3 is 12.0 Å². The molecule has 0 aliphatic carbocycles. The van der Waals surface area contributed by atoms with E-state index in [1.54, 1.807) is 18.2 Å². The maximum atomic E-state index is 12.0. The average molecular weight is 529 g/mol. The van der Waals surface area contributed by atoms with Gasteiger partial charge in [-0.25, -0.2) is 4.79 Å². The third kappa shape index (κ3) is 10.5. The number of unbranched alkanes of at least 4 members (excludes halogenated alkanes) is 2. The summed E-state index contributed by atoms with van der Waals surface area (Å²) in [6, 6.07) is 12.9. The minimum Gasteiger partial charge on any atom is -0.481 e. The molecule has 9 heteroatoms. The predicted octanol–water partition coefficient (Wildman–Crippen LogP) is 6.54. The number of rotatable bonds is 14. The third-order valence-corrected chi connectivity index (χ3v) is 6.44. The molecule has 2 aromatic rings. The number of halogens is 3. The van der Waals surface area contributed by atoms with Gasteiger partial charge < -0.3 is 15.7 Å². The van der Waals surface area contributed by atoms with Crippen molar-refractivity contribution in [1.82, 2.24) is 15.5 Å². The maximum absolute atomic E-state index is 12.0. The fraction of sp³-hybridized carbons (Fsp3) is 0.440. The van der Waals surface area contributed by atoms with Gasteiger partial charge in [0.2, 0.25) is 0 Å². The first-order chi connectivity index (χ1) is 16.3. The molecule has 2 rings (SSSR count). The van der Waals surface area contributed by atoms with E-state index in [1.165, 1.54) is 0 Å². The van der Waals surface area contributed by atoms with Crippen molar-refractivity contribution in [1.29, 1.82) is 0 Å². The number of carboxylic acids is 1. The summed E-state index contributed by atoms with van der Waals surface area (Å²) in [5.74, 6) is -0.776. The number of hydrogen-bond acceptors (Lipinski definition) is 3. The summed E-state index contributed by atoms with van der Waals surface area (Å²) < 4.78 is 0. The molecule has 0 fully saturated rings. The smallest absolute Gasteiger partial charge is 0.315 e. The lowest BCUT2D eigenvalue weighted by Gasteiger charge is -2.29. The van der Waals surface area contributed by atoms with Gasteiger partial charge in [-0.2, -0.15) is 0 Å². The molecule has 0 heterocycles. The van der Waals surface area contributed by atoms with Crippen molar-refractivity contribution in [2.45, 2.75) is 51.6 Å². The quantitative estimate of drug-likeness (QED) is 0.243. The Labute approximate surface area is 216 Å². The number of nitrogens with one attached hydrogen (secondary N) is 2. The fourth-order valence-corrected chi connectivity index (χ4v) is 4.21. The minimum absolute atomic E-state index is 0.157. The highest BCUT2D eigenvalue weighted by Gasteiger charge is 2.16. The molecule has 6 nitrogen and oxygen atoms in total. The summed E-state index contributed by atoms with van der Waals surface area (Å²) in [7, 11) is 0. The summed E-state index contributed by atoms with van der Waals surface area (Å²) in [4.78, 5) is 25.2. The second-order valence-corrected chi connectivity index (χ2v) is 9.45. The van der Waals surface area contributed by atoms with Crippen LogP contribution in [-0.2, 0) is 11.3 Å². The molecule has 1 unspecified atom stereocenters. The molecule has 186 valence electrons. The Morgan fingerprint density at radius 2 is 1.59 bits per heavy atom. The van der Waals surface area contributed by atoms with Crippen LogP contribution >= 0.6 is 34.8 Å². The van der Waals surface area contributed by atoms with Gasteiger partial charge in [0, 0.05) is 40.6 Å². The van der Waals surface area contributed by atoms with Gasteiger partial charge in [-0.1, -0.05) is 59.4 Å². The van der Waals surface area contributed by atoms with Gasteiger partial charge in [0.05, 0.1) is 0 Å². The Bertz CT molecular complexity index is 925. The molecule has 0 saturated heterocycles. The van der Waals surface area contributed by atoms with E-state index in [4.69, 9.17) is 39.9 Å². The minimum atomic E-state index is -0.776. The lowest BCUT2D eigenvalue weighted by molar-refractivity contribution is -0.137. The van der Waals surface area contributed by atoms with Crippen LogP contribution in [0.4, 0.5) is 4.79 Å². The van der Waals surface area contributed by atoms with Crippen molar-refractivity contribution in [2.75, 3.05) is 19.6 Å².